The predicted molar refractivity (Wildman–Crippen MR) is 91.8 cm³/mol. The molecule has 2 unspecified atom stereocenters. The van der Waals surface area contributed by atoms with Crippen molar-refractivity contribution in [1.29, 1.82) is 0 Å². The molecule has 0 heterocycles. The van der Waals surface area contributed by atoms with Gasteiger partial charge in [0.25, 0.3) is 0 Å². The van der Waals surface area contributed by atoms with Crippen molar-refractivity contribution in [3.8, 4) is 0 Å². The van der Waals surface area contributed by atoms with Gasteiger partial charge in [0.2, 0.25) is 0 Å². The summed E-state index contributed by atoms with van der Waals surface area (Å²) in [6.45, 7) is 4.24. The number of nitrogens with one attached hydrogen (secondary N) is 2. The minimum absolute atomic E-state index is 0.0512. The first-order valence-corrected chi connectivity index (χ1v) is 8.83. The summed E-state index contributed by atoms with van der Waals surface area (Å²) in [5.41, 5.74) is 3.76. The van der Waals surface area contributed by atoms with Crippen LogP contribution >= 0.6 is 0 Å². The van der Waals surface area contributed by atoms with Gasteiger partial charge in [-0.25, -0.2) is 4.79 Å². The molecule has 2 aliphatic carbocycles. The molecule has 1 saturated carbocycles. The number of rotatable bonds is 3. The van der Waals surface area contributed by atoms with E-state index in [1.807, 2.05) is 0 Å². The predicted octanol–water partition coefficient (Wildman–Crippen LogP) is 3.17. The van der Waals surface area contributed by atoms with Gasteiger partial charge in [0.05, 0.1) is 12.0 Å². The zero-order valence-electron chi connectivity index (χ0n) is 14.3. The fraction of sp³-hybridized carbons (Fsp3) is 0.579. The second kappa shape index (κ2) is 6.83. The molecule has 5 heteroatoms. The van der Waals surface area contributed by atoms with E-state index in [1.165, 1.54) is 16.7 Å². The lowest BCUT2D eigenvalue weighted by molar-refractivity contribution is -0.142. The summed E-state index contributed by atoms with van der Waals surface area (Å²) in [7, 11) is 0. The minimum Gasteiger partial charge on any atom is -0.481 e. The average Bonchev–Trinajstić information content (AvgIpc) is 2.83. The summed E-state index contributed by atoms with van der Waals surface area (Å²) in [5, 5.41) is 15.2. The van der Waals surface area contributed by atoms with Gasteiger partial charge < -0.3 is 15.7 Å². The summed E-state index contributed by atoms with van der Waals surface area (Å²) in [4.78, 5) is 23.4. The lowest BCUT2D eigenvalue weighted by Crippen LogP contribution is -2.45. The van der Waals surface area contributed by atoms with Gasteiger partial charge in [0, 0.05) is 6.04 Å². The van der Waals surface area contributed by atoms with Crippen molar-refractivity contribution in [1.82, 2.24) is 10.6 Å². The van der Waals surface area contributed by atoms with Crippen LogP contribution in [0.4, 0.5) is 4.79 Å². The van der Waals surface area contributed by atoms with Crippen LogP contribution in [0.25, 0.3) is 0 Å². The molecule has 0 aromatic heterocycles. The Bertz CT molecular complexity index is 635. The number of carbonyl (C=O) groups excluding carboxylic acids is 1. The van der Waals surface area contributed by atoms with Crippen LogP contribution < -0.4 is 10.6 Å². The van der Waals surface area contributed by atoms with Crippen LogP contribution in [-0.2, 0) is 11.2 Å². The number of fused-ring (bicyclic) bond motifs is 1. The molecule has 1 aromatic carbocycles. The van der Waals surface area contributed by atoms with Crippen LogP contribution in [0.2, 0.25) is 0 Å². The van der Waals surface area contributed by atoms with Gasteiger partial charge in [-0.05, 0) is 56.1 Å². The van der Waals surface area contributed by atoms with E-state index in [1.54, 1.807) is 0 Å². The Morgan fingerprint density at radius 3 is 2.50 bits per heavy atom. The molecular weight excluding hydrogens is 304 g/mol. The van der Waals surface area contributed by atoms with Gasteiger partial charge in [-0.2, -0.15) is 0 Å². The Labute approximate surface area is 142 Å². The summed E-state index contributed by atoms with van der Waals surface area (Å²) in [6, 6.07) is 6.44. The third-order valence-electron chi connectivity index (χ3n) is 5.45. The zero-order chi connectivity index (χ0) is 17.3. The first kappa shape index (κ1) is 16.8. The summed E-state index contributed by atoms with van der Waals surface area (Å²) < 4.78 is 0. The Morgan fingerprint density at radius 1 is 1.12 bits per heavy atom. The smallest absolute Gasteiger partial charge is 0.315 e. The van der Waals surface area contributed by atoms with E-state index in [0.717, 1.165) is 19.3 Å². The van der Waals surface area contributed by atoms with Gasteiger partial charge in [-0.15, -0.1) is 0 Å². The molecule has 0 bridgehead atoms. The van der Waals surface area contributed by atoms with E-state index >= 15 is 0 Å². The van der Waals surface area contributed by atoms with Crippen molar-refractivity contribution >= 4 is 12.0 Å². The molecule has 0 aliphatic heterocycles. The highest BCUT2D eigenvalue weighted by Crippen LogP contribution is 2.36. The molecule has 1 fully saturated rings. The number of urea groups is 1. The molecule has 0 spiro atoms. The second-order valence-electron chi connectivity index (χ2n) is 7.37. The van der Waals surface area contributed by atoms with Crippen molar-refractivity contribution < 1.29 is 14.7 Å². The molecule has 3 rings (SSSR count). The van der Waals surface area contributed by atoms with E-state index in [9.17, 15) is 9.59 Å². The maximum absolute atomic E-state index is 12.4. The monoisotopic (exact) mass is 330 g/mol. The number of benzene rings is 1. The normalized spacial score (nSPS) is 28.9. The molecule has 1 aromatic rings. The number of amides is 2. The van der Waals surface area contributed by atoms with E-state index in [2.05, 4.69) is 42.7 Å². The zero-order valence-corrected chi connectivity index (χ0v) is 14.3. The molecule has 2 atom stereocenters. The molecule has 0 saturated heterocycles. The molecule has 24 heavy (non-hydrogen) atoms. The van der Waals surface area contributed by atoms with E-state index < -0.39 is 5.97 Å². The number of carbonyl (C=O) groups is 2. The number of hydrogen-bond acceptors (Lipinski definition) is 2. The topological polar surface area (TPSA) is 78.4 Å². The third kappa shape index (κ3) is 3.55. The lowest BCUT2D eigenvalue weighted by Gasteiger charge is -2.28. The number of hydrogen-bond donors (Lipinski definition) is 3. The Morgan fingerprint density at radius 2 is 1.83 bits per heavy atom. The van der Waals surface area contributed by atoms with Crippen LogP contribution in [0.5, 0.6) is 0 Å². The molecular formula is C19H26N2O3. The van der Waals surface area contributed by atoms with Gasteiger partial charge in [0.1, 0.15) is 0 Å². The van der Waals surface area contributed by atoms with Gasteiger partial charge >= 0.3 is 12.0 Å². The van der Waals surface area contributed by atoms with Crippen molar-refractivity contribution in [2.75, 3.05) is 0 Å². The van der Waals surface area contributed by atoms with Gasteiger partial charge in [-0.1, -0.05) is 30.7 Å². The van der Waals surface area contributed by atoms with Crippen LogP contribution in [-0.4, -0.2) is 23.1 Å². The number of carboxylic acid groups (broad SMARTS) is 1. The standard InChI is InChI=1S/C19H26N2O3/c1-11-3-4-14-10-12(2)17(16(14)9-11)21-19(24)20-15-7-5-13(6-8-15)18(22)23/h3-4,9,12-13,15,17H,5-8,10H2,1-2H3,(H,22,23)(H2,20,21,24). The molecule has 2 aliphatic rings. The molecule has 2 amide bonds. The average molecular weight is 330 g/mol. The van der Waals surface area contributed by atoms with Crippen LogP contribution in [0.3, 0.4) is 0 Å². The Hall–Kier alpha value is -2.04. The van der Waals surface area contributed by atoms with Gasteiger partial charge in [0.15, 0.2) is 0 Å². The molecule has 0 radical (unpaired) electrons. The van der Waals surface area contributed by atoms with Crippen LogP contribution in [0.15, 0.2) is 18.2 Å². The first-order valence-electron chi connectivity index (χ1n) is 8.83. The number of carboxylic acids is 1. The maximum Gasteiger partial charge on any atom is 0.315 e. The lowest BCUT2D eigenvalue weighted by atomic mass is 9.86. The van der Waals surface area contributed by atoms with E-state index in [-0.39, 0.29) is 24.0 Å². The van der Waals surface area contributed by atoms with E-state index in [4.69, 9.17) is 5.11 Å². The van der Waals surface area contributed by atoms with Crippen molar-refractivity contribution in [2.24, 2.45) is 11.8 Å². The van der Waals surface area contributed by atoms with Crippen molar-refractivity contribution in [3.63, 3.8) is 0 Å². The van der Waals surface area contributed by atoms with Crippen LogP contribution in [0.1, 0.15) is 55.3 Å². The van der Waals surface area contributed by atoms with Gasteiger partial charge in [-0.3, -0.25) is 4.79 Å². The second-order valence-corrected chi connectivity index (χ2v) is 7.37. The molecule has 5 nitrogen and oxygen atoms in total. The minimum atomic E-state index is -0.718. The van der Waals surface area contributed by atoms with Crippen molar-refractivity contribution in [3.05, 3.63) is 34.9 Å². The van der Waals surface area contributed by atoms with E-state index in [0.29, 0.717) is 18.8 Å². The SMILES string of the molecule is Cc1ccc2c(c1)C(NC(=O)NC1CCC(C(=O)O)CC1)C(C)C2. The van der Waals surface area contributed by atoms with Crippen LogP contribution in [0, 0.1) is 18.8 Å². The Balaban J connectivity index is 1.56. The Kier molecular flexibility index (Phi) is 4.78. The fourth-order valence-electron chi connectivity index (χ4n) is 4.03. The fourth-order valence-corrected chi connectivity index (χ4v) is 4.03. The molecule has 130 valence electrons. The molecule has 3 N–H and O–H groups in total. The highest BCUT2D eigenvalue weighted by molar-refractivity contribution is 5.75. The highest BCUT2D eigenvalue weighted by atomic mass is 16.4. The largest absolute Gasteiger partial charge is 0.481 e. The highest BCUT2D eigenvalue weighted by Gasteiger charge is 2.32. The summed E-state index contributed by atoms with van der Waals surface area (Å²) >= 11 is 0. The quantitative estimate of drug-likeness (QED) is 0.796. The third-order valence-corrected chi connectivity index (χ3v) is 5.45. The maximum atomic E-state index is 12.4. The van der Waals surface area contributed by atoms with Crippen molar-refractivity contribution in [2.45, 2.75) is 58.0 Å². The number of aryl methyl sites for hydroxylation is 1. The first-order chi connectivity index (χ1) is 11.4. The summed E-state index contributed by atoms with van der Waals surface area (Å²) in [5.74, 6) is -0.587. The summed E-state index contributed by atoms with van der Waals surface area (Å²) in [6.07, 6.45) is 3.75. The number of aliphatic carboxylic acids is 1.